The number of halogens is 2. The van der Waals surface area contributed by atoms with Crippen molar-refractivity contribution in [2.24, 2.45) is 0 Å². The first-order chi connectivity index (χ1) is 17.4. The Balaban J connectivity index is 1.45. The van der Waals surface area contributed by atoms with Crippen LogP contribution in [-0.2, 0) is 11.2 Å². The number of fused-ring (bicyclic) bond motifs is 1. The number of hydrogen-bond acceptors (Lipinski definition) is 4. The van der Waals surface area contributed by atoms with Gasteiger partial charge in [0.1, 0.15) is 5.82 Å². The number of rotatable bonds is 5. The number of aryl methyl sites for hydroxylation is 1. The predicted molar refractivity (Wildman–Crippen MR) is 139 cm³/mol. The molecule has 1 N–H and O–H groups in total. The number of carbonyl (C=O) groups is 1. The molecule has 2 aliphatic rings. The van der Waals surface area contributed by atoms with E-state index in [0.29, 0.717) is 11.5 Å². The first kappa shape index (κ1) is 24.1. The van der Waals surface area contributed by atoms with Crippen LogP contribution in [0.15, 0.2) is 66.6 Å². The van der Waals surface area contributed by atoms with Crippen LogP contribution in [0.3, 0.4) is 0 Å². The van der Waals surface area contributed by atoms with Crippen LogP contribution in [0, 0.1) is 0 Å². The monoisotopic (exact) mass is 488 g/mol. The van der Waals surface area contributed by atoms with Gasteiger partial charge in [-0.3, -0.25) is 9.78 Å². The van der Waals surface area contributed by atoms with Crippen LogP contribution in [0.2, 0.25) is 0 Å². The van der Waals surface area contributed by atoms with Crippen LogP contribution in [0.1, 0.15) is 50.2 Å². The van der Waals surface area contributed by atoms with E-state index in [2.05, 4.69) is 40.4 Å². The van der Waals surface area contributed by atoms with Crippen molar-refractivity contribution in [1.29, 1.82) is 0 Å². The van der Waals surface area contributed by atoms with Crippen molar-refractivity contribution in [2.75, 3.05) is 23.3 Å². The SMILES string of the molecule is CCC1=C(C(=O)Nc2ccc(N3CCC(F)(F)C3)nc2)c2cc(-c3cccnc3)ccc2CCCC1. The lowest BCUT2D eigenvalue weighted by Gasteiger charge is -2.22. The van der Waals surface area contributed by atoms with E-state index in [0.717, 1.165) is 59.9 Å². The molecule has 36 heavy (non-hydrogen) atoms. The third-order valence-corrected chi connectivity index (χ3v) is 7.06. The highest BCUT2D eigenvalue weighted by atomic mass is 19.3. The molecule has 1 aliphatic heterocycles. The molecule has 186 valence electrons. The maximum Gasteiger partial charge on any atom is 0.266 e. The van der Waals surface area contributed by atoms with Crippen LogP contribution >= 0.6 is 0 Å². The molecule has 1 amide bonds. The fraction of sp³-hybridized carbons (Fsp3) is 0.345. The van der Waals surface area contributed by atoms with Gasteiger partial charge in [0.25, 0.3) is 11.8 Å². The standard InChI is InChI=1S/C29H30F2N4O/c1-2-20-6-3-4-7-21-9-10-22(23-8-5-14-32-17-23)16-25(21)27(20)28(36)34-24-11-12-26(33-18-24)35-15-13-29(30,31)19-35/h5,8-12,14,16-18H,2-4,6-7,13,15,19H2,1H3,(H,34,36). The number of amides is 1. The molecule has 0 unspecified atom stereocenters. The largest absolute Gasteiger partial charge is 0.350 e. The predicted octanol–water partition coefficient (Wildman–Crippen LogP) is 6.52. The van der Waals surface area contributed by atoms with Gasteiger partial charge >= 0.3 is 0 Å². The molecular weight excluding hydrogens is 458 g/mol. The third-order valence-electron chi connectivity index (χ3n) is 7.06. The van der Waals surface area contributed by atoms with Crippen molar-refractivity contribution in [2.45, 2.75) is 51.4 Å². The lowest BCUT2D eigenvalue weighted by Crippen LogP contribution is -2.25. The summed E-state index contributed by atoms with van der Waals surface area (Å²) in [7, 11) is 0. The van der Waals surface area contributed by atoms with E-state index in [4.69, 9.17) is 0 Å². The Labute approximate surface area is 210 Å². The molecule has 2 aromatic heterocycles. The first-order valence-electron chi connectivity index (χ1n) is 12.6. The van der Waals surface area contributed by atoms with Gasteiger partial charge in [-0.15, -0.1) is 0 Å². The average Bonchev–Trinajstić information content (AvgIpc) is 3.25. The molecule has 0 spiro atoms. The van der Waals surface area contributed by atoms with E-state index in [1.165, 1.54) is 5.56 Å². The van der Waals surface area contributed by atoms with Crippen LogP contribution in [0.25, 0.3) is 16.7 Å². The molecule has 0 bridgehead atoms. The van der Waals surface area contributed by atoms with Crippen LogP contribution in [0.4, 0.5) is 20.3 Å². The topological polar surface area (TPSA) is 58.1 Å². The van der Waals surface area contributed by atoms with Gasteiger partial charge in [-0.25, -0.2) is 13.8 Å². The Morgan fingerprint density at radius 3 is 2.64 bits per heavy atom. The number of hydrogen-bond donors (Lipinski definition) is 1. The summed E-state index contributed by atoms with van der Waals surface area (Å²) in [6.45, 7) is 2.04. The number of nitrogens with one attached hydrogen (secondary N) is 1. The van der Waals surface area contributed by atoms with Gasteiger partial charge in [0.05, 0.1) is 18.4 Å². The quantitative estimate of drug-likeness (QED) is 0.444. The van der Waals surface area contributed by atoms with Gasteiger partial charge in [-0.05, 0) is 73.1 Å². The Kier molecular flexibility index (Phi) is 6.81. The number of anilines is 2. The molecule has 3 aromatic rings. The zero-order valence-corrected chi connectivity index (χ0v) is 20.4. The summed E-state index contributed by atoms with van der Waals surface area (Å²) in [5.74, 6) is -2.35. The van der Waals surface area contributed by atoms with Gasteiger partial charge in [0.2, 0.25) is 0 Å². The summed E-state index contributed by atoms with van der Waals surface area (Å²) in [5, 5.41) is 3.02. The first-order valence-corrected chi connectivity index (χ1v) is 12.6. The second kappa shape index (κ2) is 10.2. The smallest absolute Gasteiger partial charge is 0.266 e. The summed E-state index contributed by atoms with van der Waals surface area (Å²) in [6, 6.07) is 13.7. The van der Waals surface area contributed by atoms with Gasteiger partial charge in [-0.2, -0.15) is 0 Å². The second-order valence-electron chi connectivity index (χ2n) is 9.54. The molecule has 1 fully saturated rings. The molecule has 0 atom stereocenters. The minimum atomic E-state index is -2.68. The Hall–Kier alpha value is -3.61. The molecule has 1 aromatic carbocycles. The van der Waals surface area contributed by atoms with Crippen LogP contribution < -0.4 is 10.2 Å². The van der Waals surface area contributed by atoms with Crippen molar-refractivity contribution in [3.8, 4) is 11.1 Å². The maximum atomic E-state index is 13.7. The van der Waals surface area contributed by atoms with Crippen molar-refractivity contribution >= 4 is 23.0 Å². The number of carbonyl (C=O) groups excluding carboxylic acids is 1. The molecule has 0 radical (unpaired) electrons. The van der Waals surface area contributed by atoms with Crippen molar-refractivity contribution in [3.05, 3.63) is 77.8 Å². The lowest BCUT2D eigenvalue weighted by atomic mass is 9.85. The summed E-state index contributed by atoms with van der Waals surface area (Å²) < 4.78 is 27.2. The van der Waals surface area contributed by atoms with Crippen molar-refractivity contribution < 1.29 is 13.6 Å². The number of nitrogens with zero attached hydrogens (tertiary/aromatic N) is 3. The molecular formula is C29H30F2N4O. The summed E-state index contributed by atoms with van der Waals surface area (Å²) >= 11 is 0. The number of alkyl halides is 2. The van der Waals surface area contributed by atoms with E-state index in [-0.39, 0.29) is 25.4 Å². The minimum absolute atomic E-state index is 0.165. The fourth-order valence-electron chi connectivity index (χ4n) is 5.12. The van der Waals surface area contributed by atoms with Crippen LogP contribution in [-0.4, -0.2) is 34.9 Å². The number of aromatic nitrogens is 2. The van der Waals surface area contributed by atoms with Crippen molar-refractivity contribution in [3.63, 3.8) is 0 Å². The molecule has 0 saturated carbocycles. The zero-order valence-electron chi connectivity index (χ0n) is 20.4. The second-order valence-corrected chi connectivity index (χ2v) is 9.54. The van der Waals surface area contributed by atoms with Gasteiger partial charge in [0, 0.05) is 36.5 Å². The van der Waals surface area contributed by atoms with E-state index in [1.54, 1.807) is 29.4 Å². The molecule has 5 nitrogen and oxygen atoms in total. The highest BCUT2D eigenvalue weighted by Gasteiger charge is 2.38. The van der Waals surface area contributed by atoms with Gasteiger partial charge < -0.3 is 10.2 Å². The summed E-state index contributed by atoms with van der Waals surface area (Å²) in [4.78, 5) is 23.9. The third kappa shape index (κ3) is 5.15. The summed E-state index contributed by atoms with van der Waals surface area (Å²) in [6.07, 6.45) is 9.69. The molecule has 5 rings (SSSR count). The van der Waals surface area contributed by atoms with Gasteiger partial charge in [0.15, 0.2) is 0 Å². The molecule has 1 saturated heterocycles. The average molecular weight is 489 g/mol. The normalized spacial score (nSPS) is 17.4. The highest BCUT2D eigenvalue weighted by Crippen LogP contribution is 2.35. The maximum absolute atomic E-state index is 13.7. The molecule has 3 heterocycles. The highest BCUT2D eigenvalue weighted by molar-refractivity contribution is 6.26. The summed E-state index contributed by atoms with van der Waals surface area (Å²) in [5.41, 5.74) is 6.58. The molecule has 1 aliphatic carbocycles. The zero-order chi connectivity index (χ0) is 25.1. The van der Waals surface area contributed by atoms with E-state index in [9.17, 15) is 13.6 Å². The van der Waals surface area contributed by atoms with E-state index >= 15 is 0 Å². The number of benzene rings is 1. The van der Waals surface area contributed by atoms with E-state index < -0.39 is 5.92 Å². The minimum Gasteiger partial charge on any atom is -0.350 e. The van der Waals surface area contributed by atoms with Crippen LogP contribution in [0.5, 0.6) is 0 Å². The van der Waals surface area contributed by atoms with E-state index in [1.807, 2.05) is 18.3 Å². The Bertz CT molecular complexity index is 1270. The number of pyridine rings is 2. The van der Waals surface area contributed by atoms with Gasteiger partial charge in [-0.1, -0.05) is 30.7 Å². The molecule has 7 heteroatoms. The lowest BCUT2D eigenvalue weighted by molar-refractivity contribution is -0.111. The van der Waals surface area contributed by atoms with Crippen molar-refractivity contribution in [1.82, 2.24) is 9.97 Å². The fourth-order valence-corrected chi connectivity index (χ4v) is 5.12. The number of allylic oxidation sites excluding steroid dienone is 1. The Morgan fingerprint density at radius 2 is 1.94 bits per heavy atom. The Morgan fingerprint density at radius 1 is 1.08 bits per heavy atom.